The van der Waals surface area contributed by atoms with Crippen molar-refractivity contribution in [1.82, 2.24) is 0 Å². The summed E-state index contributed by atoms with van der Waals surface area (Å²) >= 11 is 0. The summed E-state index contributed by atoms with van der Waals surface area (Å²) in [4.78, 5) is 0. The number of phenolic OH excluding ortho intramolecular Hbond substituents is 1. The number of hydrogen-bond donors (Lipinski definition) is 2. The predicted octanol–water partition coefficient (Wildman–Crippen LogP) is 3.82. The molecule has 0 bridgehead atoms. The molecule has 0 heterocycles. The summed E-state index contributed by atoms with van der Waals surface area (Å²) in [5.74, 6) is 0.503. The molecule has 0 radical (unpaired) electrons. The molecule has 1 rings (SSSR count). The highest BCUT2D eigenvalue weighted by molar-refractivity contribution is 5.68. The zero-order chi connectivity index (χ0) is 12.1. The lowest BCUT2D eigenvalue weighted by Crippen LogP contribution is -1.92. The van der Waals surface area contributed by atoms with Crippen LogP contribution in [0.3, 0.4) is 0 Å². The molecule has 0 amide bonds. The van der Waals surface area contributed by atoms with Crippen LogP contribution in [0.25, 0.3) is 5.57 Å². The Morgan fingerprint density at radius 3 is 2.69 bits per heavy atom. The predicted molar refractivity (Wildman–Crippen MR) is 67.5 cm³/mol. The standard InChI is InChI=1S/C14H18O2/c1-4-6-12(15)9-11-7-5-8-13(10(2)3)14(11)16/h5-8,15-16H,2,4,9H2,1,3H3/b12-6-. The van der Waals surface area contributed by atoms with Gasteiger partial charge in [0, 0.05) is 17.5 Å². The Bertz CT molecular complexity index is 417. The smallest absolute Gasteiger partial charge is 0.126 e. The SMILES string of the molecule is C=C(C)c1cccc(C/C(O)=C/CC)c1O. The van der Waals surface area contributed by atoms with Gasteiger partial charge in [-0.15, -0.1) is 0 Å². The van der Waals surface area contributed by atoms with Gasteiger partial charge in [-0.1, -0.05) is 31.7 Å². The molecule has 0 atom stereocenters. The van der Waals surface area contributed by atoms with Gasteiger partial charge in [-0.05, 0) is 25.0 Å². The summed E-state index contributed by atoms with van der Waals surface area (Å²) in [5, 5.41) is 19.6. The number of hydrogen-bond acceptors (Lipinski definition) is 2. The minimum absolute atomic E-state index is 0.214. The lowest BCUT2D eigenvalue weighted by Gasteiger charge is -2.09. The average Bonchev–Trinajstić information content (AvgIpc) is 2.21. The molecule has 0 saturated heterocycles. The first-order valence-corrected chi connectivity index (χ1v) is 5.41. The summed E-state index contributed by atoms with van der Waals surface area (Å²) in [7, 11) is 0. The molecule has 0 unspecified atom stereocenters. The highest BCUT2D eigenvalue weighted by Crippen LogP contribution is 2.28. The lowest BCUT2D eigenvalue weighted by atomic mass is 10.0. The quantitative estimate of drug-likeness (QED) is 0.754. The number of allylic oxidation sites excluding steroid dienone is 3. The van der Waals surface area contributed by atoms with Crippen molar-refractivity contribution in [2.45, 2.75) is 26.7 Å². The van der Waals surface area contributed by atoms with Gasteiger partial charge in [-0.3, -0.25) is 0 Å². The molecule has 2 N–H and O–H groups in total. The summed E-state index contributed by atoms with van der Waals surface area (Å²) < 4.78 is 0. The Balaban J connectivity index is 3.02. The monoisotopic (exact) mass is 218 g/mol. The van der Waals surface area contributed by atoms with E-state index < -0.39 is 0 Å². The van der Waals surface area contributed by atoms with Gasteiger partial charge >= 0.3 is 0 Å². The van der Waals surface area contributed by atoms with Crippen molar-refractivity contribution in [2.24, 2.45) is 0 Å². The first kappa shape index (κ1) is 12.4. The minimum Gasteiger partial charge on any atom is -0.512 e. The van der Waals surface area contributed by atoms with Crippen LogP contribution in [0.1, 0.15) is 31.4 Å². The van der Waals surface area contributed by atoms with Gasteiger partial charge in [0.2, 0.25) is 0 Å². The molecule has 1 aromatic carbocycles. The number of rotatable bonds is 4. The van der Waals surface area contributed by atoms with E-state index in [1.807, 2.05) is 32.0 Å². The Kier molecular flexibility index (Phi) is 4.18. The van der Waals surface area contributed by atoms with Crippen molar-refractivity contribution in [3.8, 4) is 5.75 Å². The second-order valence-corrected chi connectivity index (χ2v) is 3.87. The van der Waals surface area contributed by atoms with E-state index in [1.165, 1.54) is 0 Å². The van der Waals surface area contributed by atoms with Gasteiger partial charge in [0.05, 0.1) is 5.76 Å². The fourth-order valence-electron chi connectivity index (χ4n) is 1.58. The van der Waals surface area contributed by atoms with Crippen molar-refractivity contribution in [3.05, 3.63) is 47.7 Å². The molecule has 0 aliphatic rings. The van der Waals surface area contributed by atoms with Crippen molar-refractivity contribution in [2.75, 3.05) is 0 Å². The lowest BCUT2D eigenvalue weighted by molar-refractivity contribution is 0.391. The molecule has 0 aliphatic carbocycles. The minimum atomic E-state index is 0.214. The second kappa shape index (κ2) is 5.40. The molecule has 2 nitrogen and oxygen atoms in total. The van der Waals surface area contributed by atoms with E-state index >= 15 is 0 Å². The Morgan fingerprint density at radius 1 is 1.44 bits per heavy atom. The van der Waals surface area contributed by atoms with Gasteiger partial charge in [0.1, 0.15) is 5.75 Å². The molecule has 0 fully saturated rings. The molecule has 86 valence electrons. The molecule has 0 aromatic heterocycles. The van der Waals surface area contributed by atoms with Crippen LogP contribution in [0.15, 0.2) is 36.6 Å². The molecular weight excluding hydrogens is 200 g/mol. The molecule has 0 saturated carbocycles. The number of benzene rings is 1. The topological polar surface area (TPSA) is 40.5 Å². The van der Waals surface area contributed by atoms with Crippen LogP contribution in [0.4, 0.5) is 0 Å². The van der Waals surface area contributed by atoms with Gasteiger partial charge in [-0.2, -0.15) is 0 Å². The van der Waals surface area contributed by atoms with E-state index in [4.69, 9.17) is 0 Å². The van der Waals surface area contributed by atoms with E-state index in [9.17, 15) is 10.2 Å². The Hall–Kier alpha value is -1.70. The third-order valence-corrected chi connectivity index (χ3v) is 2.39. The van der Waals surface area contributed by atoms with Crippen molar-refractivity contribution < 1.29 is 10.2 Å². The first-order chi connectivity index (χ1) is 7.56. The molecular formula is C14H18O2. The van der Waals surface area contributed by atoms with Crippen LogP contribution >= 0.6 is 0 Å². The maximum absolute atomic E-state index is 9.98. The number of aliphatic hydroxyl groups is 1. The second-order valence-electron chi connectivity index (χ2n) is 3.87. The van der Waals surface area contributed by atoms with Crippen LogP contribution in [0, 0.1) is 0 Å². The van der Waals surface area contributed by atoms with Gasteiger partial charge < -0.3 is 10.2 Å². The van der Waals surface area contributed by atoms with E-state index in [1.54, 1.807) is 6.08 Å². The van der Waals surface area contributed by atoms with Gasteiger partial charge in [0.15, 0.2) is 0 Å². The summed E-state index contributed by atoms with van der Waals surface area (Å²) in [5.41, 5.74) is 2.28. The van der Waals surface area contributed by atoms with Crippen LogP contribution in [0.5, 0.6) is 5.75 Å². The first-order valence-electron chi connectivity index (χ1n) is 5.41. The van der Waals surface area contributed by atoms with E-state index in [-0.39, 0.29) is 11.5 Å². The van der Waals surface area contributed by atoms with Crippen LogP contribution in [-0.4, -0.2) is 10.2 Å². The van der Waals surface area contributed by atoms with E-state index in [0.29, 0.717) is 6.42 Å². The maximum Gasteiger partial charge on any atom is 0.126 e. The number of phenols is 1. The van der Waals surface area contributed by atoms with Crippen molar-refractivity contribution >= 4 is 5.57 Å². The zero-order valence-corrected chi connectivity index (χ0v) is 9.83. The molecule has 0 spiro atoms. The third kappa shape index (κ3) is 2.89. The molecule has 1 aromatic rings. The maximum atomic E-state index is 9.98. The number of para-hydroxylation sites is 1. The van der Waals surface area contributed by atoms with E-state index in [0.717, 1.165) is 23.1 Å². The fraction of sp³-hybridized carbons (Fsp3) is 0.286. The summed E-state index contributed by atoms with van der Waals surface area (Å²) in [6.45, 7) is 7.61. The molecule has 0 aliphatic heterocycles. The summed E-state index contributed by atoms with van der Waals surface area (Å²) in [6.07, 6.45) is 2.89. The van der Waals surface area contributed by atoms with Crippen molar-refractivity contribution in [3.63, 3.8) is 0 Å². The zero-order valence-electron chi connectivity index (χ0n) is 9.83. The Labute approximate surface area is 96.6 Å². The summed E-state index contributed by atoms with van der Waals surface area (Å²) in [6, 6.07) is 5.49. The molecule has 2 heteroatoms. The normalized spacial score (nSPS) is 11.5. The highest BCUT2D eigenvalue weighted by atomic mass is 16.3. The van der Waals surface area contributed by atoms with Gasteiger partial charge in [0.25, 0.3) is 0 Å². The van der Waals surface area contributed by atoms with Crippen molar-refractivity contribution in [1.29, 1.82) is 0 Å². The average molecular weight is 218 g/mol. The number of aromatic hydroxyl groups is 1. The van der Waals surface area contributed by atoms with Crippen LogP contribution in [0.2, 0.25) is 0 Å². The van der Waals surface area contributed by atoms with E-state index in [2.05, 4.69) is 6.58 Å². The largest absolute Gasteiger partial charge is 0.512 e. The van der Waals surface area contributed by atoms with Crippen LogP contribution < -0.4 is 0 Å². The van der Waals surface area contributed by atoms with Gasteiger partial charge in [-0.25, -0.2) is 0 Å². The third-order valence-electron chi connectivity index (χ3n) is 2.39. The fourth-order valence-corrected chi connectivity index (χ4v) is 1.58. The Morgan fingerprint density at radius 2 is 2.12 bits per heavy atom. The highest BCUT2D eigenvalue weighted by Gasteiger charge is 2.08. The number of aliphatic hydroxyl groups excluding tert-OH is 1. The molecule has 16 heavy (non-hydrogen) atoms. The van der Waals surface area contributed by atoms with Crippen LogP contribution in [-0.2, 0) is 6.42 Å².